The van der Waals surface area contributed by atoms with Gasteiger partial charge in [-0.25, -0.2) is 4.79 Å². The molecule has 1 aromatic rings. The molecule has 0 saturated carbocycles. The van der Waals surface area contributed by atoms with Gasteiger partial charge in [-0.15, -0.1) is 0 Å². The van der Waals surface area contributed by atoms with Gasteiger partial charge in [0.15, 0.2) is 0 Å². The van der Waals surface area contributed by atoms with E-state index in [4.69, 9.17) is 19.3 Å². The number of carboxylic acids is 1. The van der Waals surface area contributed by atoms with E-state index < -0.39 is 12.1 Å². The van der Waals surface area contributed by atoms with Crippen LogP contribution in [-0.4, -0.2) is 37.5 Å². The molecule has 0 aliphatic heterocycles. The predicted octanol–water partition coefficient (Wildman–Crippen LogP) is 1.56. The van der Waals surface area contributed by atoms with E-state index in [0.29, 0.717) is 18.1 Å². The van der Waals surface area contributed by atoms with Gasteiger partial charge in [-0.2, -0.15) is 0 Å². The summed E-state index contributed by atoms with van der Waals surface area (Å²) in [6.45, 7) is 2.41. The van der Waals surface area contributed by atoms with Crippen LogP contribution >= 0.6 is 0 Å². The van der Waals surface area contributed by atoms with Crippen LogP contribution < -0.4 is 9.47 Å². The molecule has 0 heterocycles. The first-order chi connectivity index (χ1) is 8.17. The van der Waals surface area contributed by atoms with Gasteiger partial charge in [-0.1, -0.05) is 6.07 Å². The molecule has 0 aliphatic carbocycles. The summed E-state index contributed by atoms with van der Waals surface area (Å²) in [4.78, 5) is 10.9. The number of carboxylic acid groups (broad SMARTS) is 1. The molecule has 0 radical (unpaired) electrons. The molecule has 1 rings (SSSR count). The maximum atomic E-state index is 10.9. The highest BCUT2D eigenvalue weighted by Crippen LogP contribution is 2.20. The van der Waals surface area contributed by atoms with Gasteiger partial charge in [0.2, 0.25) is 6.10 Å². The van der Waals surface area contributed by atoms with Gasteiger partial charge >= 0.3 is 5.97 Å². The molecule has 0 fully saturated rings. The largest absolute Gasteiger partial charge is 0.494 e. The predicted molar refractivity (Wildman–Crippen MR) is 61.5 cm³/mol. The van der Waals surface area contributed by atoms with E-state index in [1.807, 2.05) is 6.92 Å². The van der Waals surface area contributed by atoms with Gasteiger partial charge in [0.05, 0.1) is 13.2 Å². The number of hydrogen-bond acceptors (Lipinski definition) is 4. The molecule has 1 atom stereocenters. The average Bonchev–Trinajstić information content (AvgIpc) is 2.29. The molecule has 0 aromatic heterocycles. The van der Waals surface area contributed by atoms with E-state index in [-0.39, 0.29) is 6.61 Å². The van der Waals surface area contributed by atoms with E-state index in [0.717, 1.165) is 0 Å². The Morgan fingerprint density at radius 1 is 1.41 bits per heavy atom. The summed E-state index contributed by atoms with van der Waals surface area (Å²) >= 11 is 0. The quantitative estimate of drug-likeness (QED) is 0.783. The lowest BCUT2D eigenvalue weighted by Gasteiger charge is -2.14. The van der Waals surface area contributed by atoms with Crippen molar-refractivity contribution < 1.29 is 24.1 Å². The van der Waals surface area contributed by atoms with Crippen molar-refractivity contribution >= 4 is 5.97 Å². The van der Waals surface area contributed by atoms with Crippen LogP contribution in [0.5, 0.6) is 11.5 Å². The second-order valence-electron chi connectivity index (χ2n) is 3.31. The van der Waals surface area contributed by atoms with Gasteiger partial charge in [0, 0.05) is 13.2 Å². The Morgan fingerprint density at radius 3 is 2.71 bits per heavy atom. The Hall–Kier alpha value is -1.75. The zero-order valence-corrected chi connectivity index (χ0v) is 9.88. The third kappa shape index (κ3) is 4.32. The maximum Gasteiger partial charge on any atom is 0.347 e. The molecule has 1 N–H and O–H groups in total. The van der Waals surface area contributed by atoms with Gasteiger partial charge in [-0.05, 0) is 19.1 Å². The van der Waals surface area contributed by atoms with Crippen molar-refractivity contribution in [2.24, 2.45) is 0 Å². The first kappa shape index (κ1) is 13.3. The van der Waals surface area contributed by atoms with Crippen molar-refractivity contribution in [2.75, 3.05) is 20.3 Å². The van der Waals surface area contributed by atoms with E-state index in [2.05, 4.69) is 0 Å². The molecule has 0 amide bonds. The first-order valence-corrected chi connectivity index (χ1v) is 5.28. The lowest BCUT2D eigenvalue weighted by Crippen LogP contribution is -2.31. The Balaban J connectivity index is 2.71. The first-order valence-electron chi connectivity index (χ1n) is 5.28. The second-order valence-corrected chi connectivity index (χ2v) is 3.31. The highest BCUT2D eigenvalue weighted by molar-refractivity contribution is 5.72. The third-order valence-electron chi connectivity index (χ3n) is 1.99. The highest BCUT2D eigenvalue weighted by atomic mass is 16.5. The molecule has 0 bridgehead atoms. The number of carbonyl (C=O) groups is 1. The zero-order valence-electron chi connectivity index (χ0n) is 9.88. The van der Waals surface area contributed by atoms with Crippen molar-refractivity contribution in [3.05, 3.63) is 24.3 Å². The molecular formula is C12H16O5. The minimum absolute atomic E-state index is 0.00576. The molecular weight excluding hydrogens is 224 g/mol. The summed E-state index contributed by atoms with van der Waals surface area (Å²) in [5.41, 5.74) is 0. The minimum atomic E-state index is -1.06. The van der Waals surface area contributed by atoms with Crippen LogP contribution in [0.1, 0.15) is 6.92 Å². The fourth-order valence-corrected chi connectivity index (χ4v) is 1.28. The molecule has 1 unspecified atom stereocenters. The Morgan fingerprint density at radius 2 is 2.12 bits per heavy atom. The molecule has 0 saturated heterocycles. The number of ether oxygens (including phenoxy) is 3. The van der Waals surface area contributed by atoms with Gasteiger partial charge in [0.25, 0.3) is 0 Å². The standard InChI is InChI=1S/C12H16O5/c1-3-16-9-5-4-6-10(7-9)17-11(8-15-2)12(13)14/h4-7,11H,3,8H2,1-2H3,(H,13,14). The Bertz CT molecular complexity index is 364. The fraction of sp³-hybridized carbons (Fsp3) is 0.417. The summed E-state index contributed by atoms with van der Waals surface area (Å²) in [6.07, 6.45) is -1.02. The molecule has 1 aromatic carbocycles. The van der Waals surface area contributed by atoms with Crippen LogP contribution in [0.3, 0.4) is 0 Å². The lowest BCUT2D eigenvalue weighted by atomic mass is 10.3. The normalized spacial score (nSPS) is 11.9. The SMILES string of the molecule is CCOc1cccc(OC(COC)C(=O)O)c1. The number of hydrogen-bond donors (Lipinski definition) is 1. The van der Waals surface area contributed by atoms with E-state index in [9.17, 15) is 4.79 Å². The summed E-state index contributed by atoms with van der Waals surface area (Å²) in [5, 5.41) is 8.90. The van der Waals surface area contributed by atoms with Gasteiger partial charge < -0.3 is 19.3 Å². The minimum Gasteiger partial charge on any atom is -0.494 e. The van der Waals surface area contributed by atoms with Crippen molar-refractivity contribution in [3.8, 4) is 11.5 Å². The van der Waals surface area contributed by atoms with Crippen molar-refractivity contribution in [1.29, 1.82) is 0 Å². The van der Waals surface area contributed by atoms with E-state index in [1.54, 1.807) is 24.3 Å². The smallest absolute Gasteiger partial charge is 0.347 e. The molecule has 5 nitrogen and oxygen atoms in total. The van der Waals surface area contributed by atoms with Gasteiger partial charge in [0.1, 0.15) is 11.5 Å². The topological polar surface area (TPSA) is 65.0 Å². The summed E-state index contributed by atoms with van der Waals surface area (Å²) in [5.74, 6) is 0.0284. The van der Waals surface area contributed by atoms with Crippen molar-refractivity contribution in [3.63, 3.8) is 0 Å². The molecule has 0 aliphatic rings. The van der Waals surface area contributed by atoms with Crippen LogP contribution in [0, 0.1) is 0 Å². The van der Waals surface area contributed by atoms with Crippen LogP contribution in [0.4, 0.5) is 0 Å². The van der Waals surface area contributed by atoms with Gasteiger partial charge in [-0.3, -0.25) is 0 Å². The average molecular weight is 240 g/mol. The number of aliphatic carboxylic acids is 1. The lowest BCUT2D eigenvalue weighted by molar-refractivity contribution is -0.147. The van der Waals surface area contributed by atoms with Crippen LogP contribution in [-0.2, 0) is 9.53 Å². The highest BCUT2D eigenvalue weighted by Gasteiger charge is 2.19. The third-order valence-corrected chi connectivity index (χ3v) is 1.99. The molecule has 5 heteroatoms. The second kappa shape index (κ2) is 6.75. The van der Waals surface area contributed by atoms with E-state index in [1.165, 1.54) is 7.11 Å². The van der Waals surface area contributed by atoms with Crippen molar-refractivity contribution in [2.45, 2.75) is 13.0 Å². The van der Waals surface area contributed by atoms with Crippen LogP contribution in [0.2, 0.25) is 0 Å². The van der Waals surface area contributed by atoms with Crippen LogP contribution in [0.25, 0.3) is 0 Å². The fourth-order valence-electron chi connectivity index (χ4n) is 1.28. The maximum absolute atomic E-state index is 10.9. The van der Waals surface area contributed by atoms with Crippen LogP contribution in [0.15, 0.2) is 24.3 Å². The van der Waals surface area contributed by atoms with Crippen molar-refractivity contribution in [1.82, 2.24) is 0 Å². The molecule has 17 heavy (non-hydrogen) atoms. The summed E-state index contributed by atoms with van der Waals surface area (Å²) in [6, 6.07) is 6.84. The zero-order chi connectivity index (χ0) is 12.7. The number of benzene rings is 1. The summed E-state index contributed by atoms with van der Waals surface area (Å²) in [7, 11) is 1.43. The monoisotopic (exact) mass is 240 g/mol. The molecule has 94 valence electrons. The number of methoxy groups -OCH3 is 1. The Kier molecular flexibility index (Phi) is 5.29. The number of rotatable bonds is 7. The Labute approximate surface area is 99.9 Å². The van der Waals surface area contributed by atoms with E-state index >= 15 is 0 Å². The summed E-state index contributed by atoms with van der Waals surface area (Å²) < 4.78 is 15.4. The molecule has 0 spiro atoms.